The number of ether oxygens (including phenoxy) is 1. The molecule has 5 heterocycles. The van der Waals surface area contributed by atoms with Crippen LogP contribution in [0.15, 0.2) is 36.5 Å². The van der Waals surface area contributed by atoms with Crippen LogP contribution in [-0.4, -0.2) is 63.6 Å². The van der Waals surface area contributed by atoms with Gasteiger partial charge in [0, 0.05) is 48.3 Å². The molecule has 3 aromatic rings. The number of rotatable bonds is 5. The molecular formula is C27H32N8O2. The highest BCUT2D eigenvalue weighted by Crippen LogP contribution is 2.37. The summed E-state index contributed by atoms with van der Waals surface area (Å²) in [6.45, 7) is 9.76. The molecule has 2 atom stereocenters. The van der Waals surface area contributed by atoms with Crippen molar-refractivity contribution in [1.29, 1.82) is 0 Å². The molecule has 1 amide bonds. The maximum atomic E-state index is 12.3. The number of hydrogen-bond acceptors (Lipinski definition) is 9. The Morgan fingerprint density at radius 2 is 1.89 bits per heavy atom. The average molecular weight is 501 g/mol. The van der Waals surface area contributed by atoms with Gasteiger partial charge in [-0.25, -0.2) is 9.97 Å². The van der Waals surface area contributed by atoms with Gasteiger partial charge in [-0.2, -0.15) is 4.98 Å². The summed E-state index contributed by atoms with van der Waals surface area (Å²) in [5.41, 5.74) is 3.40. The number of nitrogens with zero attached hydrogens (tertiary/aromatic N) is 5. The van der Waals surface area contributed by atoms with E-state index in [2.05, 4.69) is 72.9 Å². The molecule has 3 aliphatic heterocycles. The van der Waals surface area contributed by atoms with E-state index in [1.165, 1.54) is 17.7 Å². The molecule has 0 saturated carbocycles. The Morgan fingerprint density at radius 3 is 2.62 bits per heavy atom. The van der Waals surface area contributed by atoms with Crippen LogP contribution >= 0.6 is 0 Å². The summed E-state index contributed by atoms with van der Waals surface area (Å²) < 4.78 is 5.77. The lowest BCUT2D eigenvalue weighted by Gasteiger charge is -2.34. The number of piperazine rings is 1. The van der Waals surface area contributed by atoms with Crippen molar-refractivity contribution in [3.63, 3.8) is 0 Å². The standard InChI is InChI=1S/C27H32N8O2/c1-15-10-17(6-7-20(15)35-14-18-11-19(35)13-34(18)5)29-26-28-12-16(2)23(33-26)30-22-9-8-21-24(31-22)32-25(36)27(3,4)37-21/h6-10,12,18-19H,11,13-14H2,1-5H3,(H3,28,29,30,31,32,33,36). The molecule has 0 radical (unpaired) electrons. The van der Waals surface area contributed by atoms with Gasteiger partial charge in [0.05, 0.1) is 0 Å². The predicted octanol–water partition coefficient (Wildman–Crippen LogP) is 3.98. The van der Waals surface area contributed by atoms with E-state index in [0.717, 1.165) is 24.3 Å². The zero-order valence-corrected chi connectivity index (χ0v) is 21.8. The molecule has 10 heteroatoms. The van der Waals surface area contributed by atoms with E-state index in [4.69, 9.17) is 4.74 Å². The van der Waals surface area contributed by atoms with Crippen LogP contribution in [0.5, 0.6) is 5.75 Å². The van der Waals surface area contributed by atoms with E-state index >= 15 is 0 Å². The van der Waals surface area contributed by atoms with Gasteiger partial charge in [0.25, 0.3) is 5.91 Å². The summed E-state index contributed by atoms with van der Waals surface area (Å²) in [6, 6.07) is 11.3. The Balaban J connectivity index is 1.18. The van der Waals surface area contributed by atoms with Gasteiger partial charge in [-0.15, -0.1) is 0 Å². The minimum Gasteiger partial charge on any atom is -0.474 e. The molecular weight excluding hydrogens is 468 g/mol. The number of carbonyl (C=O) groups is 1. The molecule has 2 aromatic heterocycles. The number of hydrogen-bond donors (Lipinski definition) is 3. The normalized spacial score (nSPS) is 21.9. The summed E-state index contributed by atoms with van der Waals surface area (Å²) >= 11 is 0. The highest BCUT2D eigenvalue weighted by Gasteiger charge is 2.41. The van der Waals surface area contributed by atoms with E-state index < -0.39 is 5.60 Å². The lowest BCUT2D eigenvalue weighted by molar-refractivity contribution is -0.129. The number of aryl methyl sites for hydroxylation is 2. The van der Waals surface area contributed by atoms with E-state index in [9.17, 15) is 4.79 Å². The van der Waals surface area contributed by atoms with Crippen LogP contribution in [0.1, 0.15) is 31.4 Å². The number of amides is 1. The number of nitrogens with one attached hydrogen (secondary N) is 3. The fraction of sp³-hybridized carbons (Fsp3) is 0.407. The van der Waals surface area contributed by atoms with E-state index in [1.807, 2.05) is 6.92 Å². The third-order valence-electron chi connectivity index (χ3n) is 7.50. The van der Waals surface area contributed by atoms with Crippen LogP contribution in [0.2, 0.25) is 0 Å². The van der Waals surface area contributed by atoms with Gasteiger partial charge in [0.2, 0.25) is 5.95 Å². The number of carbonyl (C=O) groups excluding carboxylic acids is 1. The Labute approximate surface area is 216 Å². The van der Waals surface area contributed by atoms with Crippen molar-refractivity contribution in [3.05, 3.63) is 47.7 Å². The monoisotopic (exact) mass is 500 g/mol. The molecule has 6 rings (SSSR count). The molecule has 192 valence electrons. The summed E-state index contributed by atoms with van der Waals surface area (Å²) in [6.07, 6.45) is 3.02. The van der Waals surface area contributed by atoms with Gasteiger partial charge in [-0.05, 0) is 77.1 Å². The van der Waals surface area contributed by atoms with Crippen molar-refractivity contribution in [2.24, 2.45) is 0 Å². The molecule has 1 aromatic carbocycles. The predicted molar refractivity (Wildman–Crippen MR) is 144 cm³/mol. The van der Waals surface area contributed by atoms with Gasteiger partial charge >= 0.3 is 0 Å². The first-order chi connectivity index (χ1) is 17.7. The second kappa shape index (κ2) is 8.58. The van der Waals surface area contributed by atoms with Crippen molar-refractivity contribution in [3.8, 4) is 5.75 Å². The molecule has 37 heavy (non-hydrogen) atoms. The lowest BCUT2D eigenvalue weighted by Crippen LogP contribution is -2.46. The van der Waals surface area contributed by atoms with Gasteiger partial charge < -0.3 is 25.6 Å². The molecule has 10 nitrogen and oxygen atoms in total. The Hall–Kier alpha value is -3.92. The van der Waals surface area contributed by atoms with Gasteiger partial charge in [0.1, 0.15) is 11.6 Å². The van der Waals surface area contributed by atoms with Gasteiger partial charge in [-0.1, -0.05) is 0 Å². The molecule has 3 aliphatic rings. The lowest BCUT2D eigenvalue weighted by atomic mass is 10.1. The molecule has 2 fully saturated rings. The van der Waals surface area contributed by atoms with Crippen molar-refractivity contribution in [2.45, 2.75) is 51.8 Å². The molecule has 0 spiro atoms. The molecule has 3 N–H and O–H groups in total. The zero-order valence-electron chi connectivity index (χ0n) is 21.8. The third-order valence-corrected chi connectivity index (χ3v) is 7.50. The van der Waals surface area contributed by atoms with Crippen molar-refractivity contribution in [2.75, 3.05) is 41.0 Å². The van der Waals surface area contributed by atoms with Crippen LogP contribution in [0, 0.1) is 13.8 Å². The van der Waals surface area contributed by atoms with E-state index in [-0.39, 0.29) is 5.91 Å². The highest BCUT2D eigenvalue weighted by atomic mass is 16.5. The topological polar surface area (TPSA) is 108 Å². The molecule has 2 unspecified atom stereocenters. The second-order valence-electron chi connectivity index (χ2n) is 10.7. The van der Waals surface area contributed by atoms with Crippen LogP contribution in [0.25, 0.3) is 0 Å². The molecule has 2 saturated heterocycles. The summed E-state index contributed by atoms with van der Waals surface area (Å²) in [4.78, 5) is 30.9. The SMILES string of the molecule is Cc1cc(Nc2ncc(C)c(Nc3ccc4c(n3)NC(=O)C(C)(C)O4)n2)ccc1N1CC2CC1CN2C. The number of aromatic nitrogens is 3. The van der Waals surface area contributed by atoms with Gasteiger partial charge in [0.15, 0.2) is 17.2 Å². The smallest absolute Gasteiger partial charge is 0.269 e. The number of pyridine rings is 1. The van der Waals surface area contributed by atoms with E-state index in [0.29, 0.717) is 41.2 Å². The Kier molecular flexibility index (Phi) is 5.45. The highest BCUT2D eigenvalue weighted by molar-refractivity contribution is 5.99. The maximum absolute atomic E-state index is 12.3. The number of fused-ring (bicyclic) bond motifs is 3. The fourth-order valence-electron chi connectivity index (χ4n) is 5.36. The number of benzene rings is 1. The maximum Gasteiger partial charge on any atom is 0.269 e. The average Bonchev–Trinajstić information content (AvgIpc) is 3.42. The minimum absolute atomic E-state index is 0.236. The van der Waals surface area contributed by atoms with Gasteiger partial charge in [-0.3, -0.25) is 9.69 Å². The number of anilines is 6. The Morgan fingerprint density at radius 1 is 1.05 bits per heavy atom. The largest absolute Gasteiger partial charge is 0.474 e. The van der Waals surface area contributed by atoms with Crippen molar-refractivity contribution in [1.82, 2.24) is 19.9 Å². The second-order valence-corrected chi connectivity index (χ2v) is 10.7. The van der Waals surface area contributed by atoms with E-state index in [1.54, 1.807) is 32.2 Å². The van der Waals surface area contributed by atoms with Crippen molar-refractivity contribution >= 4 is 40.7 Å². The first-order valence-corrected chi connectivity index (χ1v) is 12.6. The quantitative estimate of drug-likeness (QED) is 0.479. The number of likely N-dealkylation sites (N-methyl/N-ethyl adjacent to an activating group) is 1. The Bertz CT molecular complexity index is 1390. The minimum atomic E-state index is -0.936. The van der Waals surface area contributed by atoms with Crippen LogP contribution in [0.4, 0.5) is 34.8 Å². The van der Waals surface area contributed by atoms with Crippen LogP contribution in [-0.2, 0) is 4.79 Å². The summed E-state index contributed by atoms with van der Waals surface area (Å²) in [7, 11) is 2.22. The molecule has 0 aliphatic carbocycles. The first-order valence-electron chi connectivity index (χ1n) is 12.6. The molecule has 2 bridgehead atoms. The van der Waals surface area contributed by atoms with Crippen LogP contribution in [0.3, 0.4) is 0 Å². The zero-order chi connectivity index (χ0) is 25.9. The third kappa shape index (κ3) is 4.31. The first kappa shape index (κ1) is 23.5. The fourth-order valence-corrected chi connectivity index (χ4v) is 5.36. The van der Waals surface area contributed by atoms with Crippen molar-refractivity contribution < 1.29 is 9.53 Å². The summed E-state index contributed by atoms with van der Waals surface area (Å²) in [5.74, 6) is 2.33. The summed E-state index contributed by atoms with van der Waals surface area (Å²) in [5, 5.41) is 9.39. The number of likely N-dealkylation sites (tertiary alicyclic amines) is 1. The van der Waals surface area contributed by atoms with Crippen LogP contribution < -0.4 is 25.6 Å².